The van der Waals surface area contributed by atoms with Gasteiger partial charge in [0.1, 0.15) is 0 Å². The van der Waals surface area contributed by atoms with Gasteiger partial charge in [0.2, 0.25) is 0 Å². The Kier molecular flexibility index (Phi) is 6.44. The van der Waals surface area contributed by atoms with E-state index >= 15 is 0 Å². The van der Waals surface area contributed by atoms with Crippen LogP contribution in [0, 0.1) is 39.8 Å². The Morgan fingerprint density at radius 3 is 2.05 bits per heavy atom. The Balaban J connectivity index is 0.000000315. The number of fused-ring (bicyclic) bond motifs is 1. The van der Waals surface area contributed by atoms with Crippen molar-refractivity contribution in [2.45, 2.75) is 47.3 Å². The van der Waals surface area contributed by atoms with Crippen LogP contribution in [0.25, 0.3) is 10.8 Å². The molecule has 0 bridgehead atoms. The summed E-state index contributed by atoms with van der Waals surface area (Å²) < 4.78 is 0. The summed E-state index contributed by atoms with van der Waals surface area (Å²) in [6, 6.07) is 0. The van der Waals surface area contributed by atoms with E-state index in [0.717, 1.165) is 0 Å². The van der Waals surface area contributed by atoms with Gasteiger partial charge in [-0.1, -0.05) is 0 Å². The van der Waals surface area contributed by atoms with Crippen molar-refractivity contribution in [1.82, 2.24) is 10.3 Å². The minimum Gasteiger partial charge on any atom is -0.309 e. The van der Waals surface area contributed by atoms with Crippen molar-refractivity contribution in [3.8, 4) is 0 Å². The second-order valence-corrected chi connectivity index (χ2v) is 6.51. The Bertz CT molecular complexity index is 650. The highest BCUT2D eigenvalue weighted by atomic mass is 31.1. The molecule has 1 aromatic carbocycles. The van der Waals surface area contributed by atoms with E-state index in [1.165, 1.54) is 38.6 Å². The van der Waals surface area contributed by atoms with Crippen molar-refractivity contribution in [2.75, 3.05) is 7.05 Å². The largest absolute Gasteiger partial charge is 0.309 e. The second kappa shape index (κ2) is 7.63. The highest BCUT2D eigenvalue weighted by molar-refractivity contribution is 7.25. The molecular weight excluding hydrogens is 277 g/mol. The lowest BCUT2D eigenvalue weighted by Crippen LogP contribution is -2.12. The number of aromatic nitrogens is 1. The molecule has 1 heterocycles. The first-order chi connectivity index (χ1) is 9.84. The molecule has 2 N–H and O–H groups in total. The molecule has 0 radical (unpaired) electrons. The van der Waals surface area contributed by atoms with Crippen LogP contribution in [-0.2, 0) is 0 Å². The molecule has 0 saturated carbocycles. The summed E-state index contributed by atoms with van der Waals surface area (Å²) in [6.45, 7) is 12.9. The molecule has 0 aliphatic rings. The van der Waals surface area contributed by atoms with Gasteiger partial charge in [-0.25, -0.2) is 0 Å². The van der Waals surface area contributed by atoms with Gasteiger partial charge in [-0.05, 0) is 81.8 Å². The smallest absolute Gasteiger partial charge is 0.0634 e. The van der Waals surface area contributed by atoms with Crippen molar-refractivity contribution < 1.29 is 0 Å². The van der Waals surface area contributed by atoms with Gasteiger partial charge in [0.25, 0.3) is 0 Å². The van der Waals surface area contributed by atoms with Crippen molar-refractivity contribution in [3.63, 3.8) is 0 Å². The topological polar surface area (TPSA) is 48.8 Å². The molecule has 114 valence electrons. The normalized spacial score (nSPS) is 12.1. The summed E-state index contributed by atoms with van der Waals surface area (Å²) >= 11 is 0. The first-order valence-corrected chi connectivity index (χ1v) is 8.16. The quantitative estimate of drug-likeness (QED) is 0.764. The van der Waals surface area contributed by atoms with E-state index in [9.17, 15) is 0 Å². The molecule has 1 aromatic heterocycles. The molecule has 0 amide bonds. The van der Waals surface area contributed by atoms with Crippen molar-refractivity contribution >= 4 is 19.1 Å². The number of hydrogen-bond donors (Lipinski definition) is 2. The van der Waals surface area contributed by atoms with Crippen LogP contribution in [0.3, 0.4) is 0 Å². The average Bonchev–Trinajstić information content (AvgIpc) is 2.50. The maximum absolute atomic E-state index is 6.72. The maximum Gasteiger partial charge on any atom is 0.0634 e. The van der Waals surface area contributed by atoms with E-state index in [-0.39, 0.29) is 0 Å². The first-order valence-electron chi connectivity index (χ1n) is 7.19. The lowest BCUT2D eigenvalue weighted by Gasteiger charge is -2.14. The molecule has 0 aliphatic carbocycles. The number of benzene rings is 1. The van der Waals surface area contributed by atoms with Crippen LogP contribution in [0.1, 0.15) is 34.7 Å². The van der Waals surface area contributed by atoms with Crippen molar-refractivity contribution in [3.05, 3.63) is 40.2 Å². The predicted octanol–water partition coefficient (Wildman–Crippen LogP) is 5.04. The zero-order valence-electron chi connectivity index (χ0n) is 14.1. The van der Waals surface area contributed by atoms with Crippen molar-refractivity contribution in [1.29, 1.82) is 5.16 Å². The molecular formula is C17H26N3P. The average molecular weight is 303 g/mol. The summed E-state index contributed by atoms with van der Waals surface area (Å²) in [7, 11) is 2.52. The van der Waals surface area contributed by atoms with Gasteiger partial charge in [0.15, 0.2) is 0 Å². The number of nitrogens with zero attached hydrogens (tertiary/aromatic N) is 1. The molecule has 0 saturated heterocycles. The van der Waals surface area contributed by atoms with Crippen LogP contribution in [0.15, 0.2) is 12.4 Å². The summed E-state index contributed by atoms with van der Waals surface area (Å²) in [5, 5.41) is 12.3. The van der Waals surface area contributed by atoms with Gasteiger partial charge >= 0.3 is 0 Å². The lowest BCUT2D eigenvalue weighted by atomic mass is 9.91. The molecule has 0 fully saturated rings. The number of nitrogens with one attached hydrogen (secondary N) is 2. The van der Waals surface area contributed by atoms with Gasteiger partial charge < -0.3 is 5.32 Å². The standard InChI is InChI=1S/C14H17N.C3H9N2P/c1-8-6-15-7-13-11(4)9(2)10(3)12(5)14(8)13;1-3(5-2)6-4/h6-7H,1-5H3;3-5H,1-2H3. The minimum atomic E-state index is 0.324. The summed E-state index contributed by atoms with van der Waals surface area (Å²) in [4.78, 5) is 4.29. The Morgan fingerprint density at radius 1 is 1.00 bits per heavy atom. The fourth-order valence-electron chi connectivity index (χ4n) is 2.36. The van der Waals surface area contributed by atoms with E-state index in [1.807, 2.05) is 26.4 Å². The number of aryl methyl sites for hydroxylation is 3. The Labute approximate surface area is 129 Å². The molecule has 1 atom stereocenters. The highest BCUT2D eigenvalue weighted by Gasteiger charge is 2.10. The fraction of sp³-hybridized carbons (Fsp3) is 0.471. The number of rotatable bonds is 2. The summed E-state index contributed by atoms with van der Waals surface area (Å²) in [5.74, 6) is 0.324. The predicted molar refractivity (Wildman–Crippen MR) is 93.6 cm³/mol. The molecule has 21 heavy (non-hydrogen) atoms. The zero-order chi connectivity index (χ0) is 16.2. The van der Waals surface area contributed by atoms with Crippen molar-refractivity contribution in [2.24, 2.45) is 0 Å². The van der Waals surface area contributed by atoms with E-state index in [0.29, 0.717) is 14.2 Å². The number of pyridine rings is 1. The molecule has 3 nitrogen and oxygen atoms in total. The molecule has 2 aromatic rings. The van der Waals surface area contributed by atoms with Crippen LogP contribution in [-0.4, -0.2) is 17.8 Å². The Morgan fingerprint density at radius 2 is 1.57 bits per heavy atom. The minimum absolute atomic E-state index is 0.324. The van der Waals surface area contributed by atoms with Crippen LogP contribution in [0.5, 0.6) is 0 Å². The molecule has 0 spiro atoms. The summed E-state index contributed by atoms with van der Waals surface area (Å²) in [5.41, 5.74) is 6.84. The Hall–Kier alpha value is -1.31. The van der Waals surface area contributed by atoms with Crippen LogP contribution >= 0.6 is 8.37 Å². The monoisotopic (exact) mass is 303 g/mol. The SMILES string of the molecule is CNC(C)P=N.Cc1c(C)c(C)c2c(C)cncc2c1C. The van der Waals surface area contributed by atoms with Gasteiger partial charge in [0, 0.05) is 26.2 Å². The molecule has 2 rings (SSSR count). The molecule has 4 heteroatoms. The van der Waals surface area contributed by atoms with Crippen LogP contribution < -0.4 is 5.32 Å². The first kappa shape index (κ1) is 17.7. The van der Waals surface area contributed by atoms with Gasteiger partial charge in [0.05, 0.1) is 5.78 Å². The van der Waals surface area contributed by atoms with E-state index < -0.39 is 0 Å². The van der Waals surface area contributed by atoms with E-state index in [2.05, 4.69) is 44.9 Å². The van der Waals surface area contributed by atoms with Gasteiger partial charge in [-0.3, -0.25) is 10.1 Å². The van der Waals surface area contributed by atoms with E-state index in [1.54, 1.807) is 0 Å². The number of hydrogen-bond acceptors (Lipinski definition) is 3. The summed E-state index contributed by atoms with van der Waals surface area (Å²) in [6.07, 6.45) is 3.93. The lowest BCUT2D eigenvalue weighted by molar-refractivity contribution is 0.802. The zero-order valence-corrected chi connectivity index (χ0v) is 15.0. The van der Waals surface area contributed by atoms with Crippen LogP contribution in [0.4, 0.5) is 0 Å². The molecule has 0 aliphatic heterocycles. The van der Waals surface area contributed by atoms with Gasteiger partial charge in [-0.15, -0.1) is 0 Å². The third kappa shape index (κ3) is 3.87. The maximum atomic E-state index is 6.72. The fourth-order valence-corrected chi connectivity index (χ4v) is 2.49. The third-order valence-electron chi connectivity index (χ3n) is 4.21. The second-order valence-electron chi connectivity index (χ2n) is 5.47. The molecule has 1 unspecified atom stereocenters. The highest BCUT2D eigenvalue weighted by Crippen LogP contribution is 2.30. The van der Waals surface area contributed by atoms with Crippen LogP contribution in [0.2, 0.25) is 0 Å². The third-order valence-corrected chi connectivity index (χ3v) is 4.86. The van der Waals surface area contributed by atoms with E-state index in [4.69, 9.17) is 5.16 Å². The van der Waals surface area contributed by atoms with Gasteiger partial charge in [-0.2, -0.15) is 0 Å².